The smallest absolute Gasteiger partial charge is 0.243 e. The summed E-state index contributed by atoms with van der Waals surface area (Å²) in [5.41, 5.74) is 0. The molecule has 1 aromatic rings. The number of rotatable bonds is 5. The van der Waals surface area contributed by atoms with Crippen molar-refractivity contribution in [3.8, 4) is 5.75 Å². The number of sulfonamides is 1. The summed E-state index contributed by atoms with van der Waals surface area (Å²) in [5.74, 6) is 1.24. The zero-order chi connectivity index (χ0) is 17.0. The summed E-state index contributed by atoms with van der Waals surface area (Å²) in [6.07, 6.45) is 1.85. The zero-order valence-electron chi connectivity index (χ0n) is 14.2. The molecule has 3 rings (SSSR count). The molecule has 2 heterocycles. The molecule has 0 N–H and O–H groups in total. The Morgan fingerprint density at radius 3 is 2.29 bits per heavy atom. The first kappa shape index (κ1) is 17.7. The quantitative estimate of drug-likeness (QED) is 0.801. The highest BCUT2D eigenvalue weighted by Crippen LogP contribution is 2.25. The van der Waals surface area contributed by atoms with Gasteiger partial charge in [0, 0.05) is 32.7 Å². The lowest BCUT2D eigenvalue weighted by atomic mass is 9.97. The topological polar surface area (TPSA) is 59.1 Å². The maximum atomic E-state index is 12.7. The van der Waals surface area contributed by atoms with Crippen LogP contribution in [0.25, 0.3) is 0 Å². The number of nitrogens with zero attached hydrogens (tertiary/aromatic N) is 2. The van der Waals surface area contributed by atoms with E-state index in [9.17, 15) is 8.42 Å². The Labute approximate surface area is 144 Å². The van der Waals surface area contributed by atoms with Crippen molar-refractivity contribution < 1.29 is 17.9 Å². The Kier molecular flexibility index (Phi) is 5.76. The Morgan fingerprint density at radius 1 is 1.08 bits per heavy atom. The number of hydrogen-bond donors (Lipinski definition) is 0. The second-order valence-electron chi connectivity index (χ2n) is 6.44. The van der Waals surface area contributed by atoms with Crippen LogP contribution >= 0.6 is 0 Å². The van der Waals surface area contributed by atoms with Gasteiger partial charge >= 0.3 is 0 Å². The molecule has 0 aromatic heterocycles. The molecule has 0 unspecified atom stereocenters. The molecular weight excluding hydrogens is 328 g/mol. The van der Waals surface area contributed by atoms with E-state index in [1.165, 1.54) is 0 Å². The van der Waals surface area contributed by atoms with Crippen LogP contribution in [0.1, 0.15) is 12.8 Å². The fraction of sp³-hybridized carbons (Fsp3) is 0.647. The van der Waals surface area contributed by atoms with Crippen molar-refractivity contribution in [2.24, 2.45) is 5.92 Å². The van der Waals surface area contributed by atoms with E-state index < -0.39 is 10.0 Å². The van der Waals surface area contributed by atoms with E-state index >= 15 is 0 Å². The summed E-state index contributed by atoms with van der Waals surface area (Å²) in [6.45, 7) is 5.86. The standard InChI is InChI=1S/C17H26N2O4S/c1-22-16-2-4-17(5-3-16)24(20,21)19-8-6-15(7-9-19)14-18-10-12-23-13-11-18/h2-5,15H,6-14H2,1H3. The lowest BCUT2D eigenvalue weighted by molar-refractivity contribution is 0.0269. The molecule has 2 fully saturated rings. The third-order valence-electron chi connectivity index (χ3n) is 4.89. The summed E-state index contributed by atoms with van der Waals surface area (Å²) in [4.78, 5) is 2.77. The van der Waals surface area contributed by atoms with Crippen molar-refractivity contribution in [1.82, 2.24) is 9.21 Å². The van der Waals surface area contributed by atoms with E-state index in [-0.39, 0.29) is 0 Å². The van der Waals surface area contributed by atoms with Crippen LogP contribution in [-0.2, 0) is 14.8 Å². The van der Waals surface area contributed by atoms with Crippen molar-refractivity contribution in [1.29, 1.82) is 0 Å². The highest BCUT2D eigenvalue weighted by atomic mass is 32.2. The van der Waals surface area contributed by atoms with Crippen molar-refractivity contribution in [2.75, 3.05) is 53.0 Å². The van der Waals surface area contributed by atoms with Gasteiger partial charge in [-0.15, -0.1) is 0 Å². The first-order chi connectivity index (χ1) is 11.6. The average molecular weight is 354 g/mol. The Balaban J connectivity index is 1.56. The van der Waals surface area contributed by atoms with Crippen LogP contribution in [0, 0.1) is 5.92 Å². The van der Waals surface area contributed by atoms with Gasteiger partial charge < -0.3 is 9.47 Å². The number of benzene rings is 1. The molecule has 1 aromatic carbocycles. The van der Waals surface area contributed by atoms with Crippen molar-refractivity contribution in [2.45, 2.75) is 17.7 Å². The third kappa shape index (κ3) is 4.08. The molecule has 0 aliphatic carbocycles. The van der Waals surface area contributed by atoms with Gasteiger partial charge in [-0.1, -0.05) is 0 Å². The molecule has 0 radical (unpaired) electrons. The summed E-state index contributed by atoms with van der Waals surface area (Å²) >= 11 is 0. The molecule has 0 amide bonds. The molecule has 0 saturated carbocycles. The Morgan fingerprint density at radius 2 is 1.71 bits per heavy atom. The van der Waals surface area contributed by atoms with Crippen LogP contribution in [0.15, 0.2) is 29.2 Å². The first-order valence-electron chi connectivity index (χ1n) is 8.54. The fourth-order valence-corrected chi connectivity index (χ4v) is 4.85. The van der Waals surface area contributed by atoms with Crippen molar-refractivity contribution >= 4 is 10.0 Å². The molecule has 0 atom stereocenters. The predicted molar refractivity (Wildman–Crippen MR) is 91.7 cm³/mol. The maximum absolute atomic E-state index is 12.7. The van der Waals surface area contributed by atoms with E-state index in [2.05, 4.69) is 4.90 Å². The van der Waals surface area contributed by atoms with Crippen LogP contribution in [0.3, 0.4) is 0 Å². The maximum Gasteiger partial charge on any atom is 0.243 e. The molecule has 134 valence electrons. The summed E-state index contributed by atoms with van der Waals surface area (Å²) in [5, 5.41) is 0. The van der Waals surface area contributed by atoms with E-state index in [4.69, 9.17) is 9.47 Å². The monoisotopic (exact) mass is 354 g/mol. The van der Waals surface area contributed by atoms with Crippen LogP contribution in [0.5, 0.6) is 5.75 Å². The van der Waals surface area contributed by atoms with E-state index in [1.54, 1.807) is 35.7 Å². The molecule has 0 bridgehead atoms. The van der Waals surface area contributed by atoms with Gasteiger partial charge in [0.2, 0.25) is 10.0 Å². The van der Waals surface area contributed by atoms with Gasteiger partial charge in [-0.3, -0.25) is 4.90 Å². The zero-order valence-corrected chi connectivity index (χ0v) is 15.0. The number of hydrogen-bond acceptors (Lipinski definition) is 5. The van der Waals surface area contributed by atoms with Crippen molar-refractivity contribution in [3.05, 3.63) is 24.3 Å². The van der Waals surface area contributed by atoms with E-state index in [0.717, 1.165) is 45.7 Å². The highest BCUT2D eigenvalue weighted by molar-refractivity contribution is 7.89. The molecular formula is C17H26N2O4S. The molecule has 0 spiro atoms. The molecule has 2 saturated heterocycles. The number of methoxy groups -OCH3 is 1. The van der Waals surface area contributed by atoms with Crippen LogP contribution in [-0.4, -0.2) is 70.7 Å². The average Bonchev–Trinajstić information content (AvgIpc) is 2.63. The molecule has 24 heavy (non-hydrogen) atoms. The minimum atomic E-state index is -3.40. The molecule has 6 nitrogen and oxygen atoms in total. The van der Waals surface area contributed by atoms with Gasteiger partial charge in [0.05, 0.1) is 25.2 Å². The lowest BCUT2D eigenvalue weighted by Crippen LogP contribution is -2.44. The normalized spacial score (nSPS) is 21.7. The second-order valence-corrected chi connectivity index (χ2v) is 8.37. The Hall–Kier alpha value is -1.15. The number of morpholine rings is 1. The second kappa shape index (κ2) is 7.82. The van der Waals surface area contributed by atoms with Gasteiger partial charge in [-0.25, -0.2) is 8.42 Å². The van der Waals surface area contributed by atoms with Gasteiger partial charge in [0.25, 0.3) is 0 Å². The number of piperidine rings is 1. The lowest BCUT2D eigenvalue weighted by Gasteiger charge is -2.35. The number of ether oxygens (including phenoxy) is 2. The Bertz CT molecular complexity index is 618. The van der Waals surface area contributed by atoms with E-state index in [0.29, 0.717) is 29.7 Å². The van der Waals surface area contributed by atoms with Crippen LogP contribution in [0.2, 0.25) is 0 Å². The van der Waals surface area contributed by atoms with Gasteiger partial charge in [0.1, 0.15) is 5.75 Å². The molecule has 7 heteroatoms. The largest absolute Gasteiger partial charge is 0.497 e. The van der Waals surface area contributed by atoms with Gasteiger partial charge in [-0.2, -0.15) is 4.31 Å². The summed E-state index contributed by atoms with van der Waals surface area (Å²) in [6, 6.07) is 6.62. The van der Waals surface area contributed by atoms with E-state index in [1.807, 2.05) is 0 Å². The summed E-state index contributed by atoms with van der Waals surface area (Å²) in [7, 11) is -1.83. The predicted octanol–water partition coefficient (Wildman–Crippen LogP) is 1.43. The first-order valence-corrected chi connectivity index (χ1v) is 9.98. The SMILES string of the molecule is COc1ccc(S(=O)(=O)N2CCC(CN3CCOCC3)CC2)cc1. The minimum absolute atomic E-state index is 0.343. The third-order valence-corrected chi connectivity index (χ3v) is 6.80. The van der Waals surface area contributed by atoms with Crippen LogP contribution in [0.4, 0.5) is 0 Å². The van der Waals surface area contributed by atoms with Crippen LogP contribution < -0.4 is 4.74 Å². The highest BCUT2D eigenvalue weighted by Gasteiger charge is 2.30. The van der Waals surface area contributed by atoms with Crippen molar-refractivity contribution in [3.63, 3.8) is 0 Å². The molecule has 2 aliphatic rings. The van der Waals surface area contributed by atoms with Gasteiger partial charge in [0.15, 0.2) is 0 Å². The fourth-order valence-electron chi connectivity index (χ4n) is 3.38. The van der Waals surface area contributed by atoms with Gasteiger partial charge in [-0.05, 0) is 43.0 Å². The molecule has 2 aliphatic heterocycles. The minimum Gasteiger partial charge on any atom is -0.497 e. The summed E-state index contributed by atoms with van der Waals surface area (Å²) < 4.78 is 37.6.